The van der Waals surface area contributed by atoms with Gasteiger partial charge in [-0.1, -0.05) is 37.3 Å². The molecule has 0 amide bonds. The highest BCUT2D eigenvalue weighted by Gasteiger charge is 2.15. The Hall–Kier alpha value is -1.90. The van der Waals surface area contributed by atoms with Crippen LogP contribution < -0.4 is 4.90 Å². The van der Waals surface area contributed by atoms with E-state index < -0.39 is 0 Å². The van der Waals surface area contributed by atoms with Crippen molar-refractivity contribution in [3.63, 3.8) is 0 Å². The van der Waals surface area contributed by atoms with Crippen molar-refractivity contribution >= 4 is 5.82 Å². The lowest BCUT2D eigenvalue weighted by Crippen LogP contribution is -2.25. The molecule has 1 saturated heterocycles. The lowest BCUT2D eigenvalue weighted by atomic mass is 10.0. The molecule has 0 aliphatic carbocycles. The van der Waals surface area contributed by atoms with Gasteiger partial charge in [-0.2, -0.15) is 0 Å². The summed E-state index contributed by atoms with van der Waals surface area (Å²) in [4.78, 5) is 11.6. The van der Waals surface area contributed by atoms with Crippen molar-refractivity contribution in [3.05, 3.63) is 54.0 Å². The van der Waals surface area contributed by atoms with Gasteiger partial charge in [0.15, 0.2) is 0 Å². The van der Waals surface area contributed by atoms with Gasteiger partial charge in [0, 0.05) is 25.7 Å². The fourth-order valence-corrected chi connectivity index (χ4v) is 2.92. The van der Waals surface area contributed by atoms with E-state index in [1.165, 1.54) is 24.8 Å². The van der Waals surface area contributed by atoms with Crippen molar-refractivity contribution in [2.75, 3.05) is 18.0 Å². The molecule has 3 heteroatoms. The third-order valence-electron chi connectivity index (χ3n) is 4.24. The third kappa shape index (κ3) is 3.81. The molecule has 110 valence electrons. The van der Waals surface area contributed by atoms with Gasteiger partial charge in [-0.3, -0.25) is 0 Å². The largest absolute Gasteiger partial charge is 0.357 e. The summed E-state index contributed by atoms with van der Waals surface area (Å²) >= 11 is 0. The summed E-state index contributed by atoms with van der Waals surface area (Å²) in [7, 11) is 0. The van der Waals surface area contributed by atoms with E-state index in [1.807, 2.05) is 18.3 Å². The van der Waals surface area contributed by atoms with E-state index in [0.717, 1.165) is 37.1 Å². The maximum absolute atomic E-state index is 4.77. The standard InChI is InChI=1S/C18H23N3/c1-15-6-5-12-21(13-10-15)18-9-11-19-17(20-18)14-16-7-3-2-4-8-16/h2-4,7-9,11,15H,5-6,10,12-14H2,1H3. The van der Waals surface area contributed by atoms with Gasteiger partial charge in [0.1, 0.15) is 11.6 Å². The number of hydrogen-bond donors (Lipinski definition) is 0. The molecule has 1 fully saturated rings. The van der Waals surface area contributed by atoms with Crippen LogP contribution in [-0.4, -0.2) is 23.1 Å². The van der Waals surface area contributed by atoms with Crippen molar-refractivity contribution in [1.29, 1.82) is 0 Å². The van der Waals surface area contributed by atoms with Gasteiger partial charge in [0.05, 0.1) is 0 Å². The highest BCUT2D eigenvalue weighted by Crippen LogP contribution is 2.21. The molecular weight excluding hydrogens is 258 g/mol. The SMILES string of the molecule is CC1CCCN(c2ccnc(Cc3ccccc3)n2)CC1. The summed E-state index contributed by atoms with van der Waals surface area (Å²) < 4.78 is 0. The zero-order chi connectivity index (χ0) is 14.5. The predicted octanol–water partition coefficient (Wildman–Crippen LogP) is 3.69. The summed E-state index contributed by atoms with van der Waals surface area (Å²) in [5.74, 6) is 2.83. The Morgan fingerprint density at radius 1 is 1.10 bits per heavy atom. The van der Waals surface area contributed by atoms with Gasteiger partial charge in [0.2, 0.25) is 0 Å². The van der Waals surface area contributed by atoms with Crippen LogP contribution in [0.25, 0.3) is 0 Å². The van der Waals surface area contributed by atoms with E-state index in [9.17, 15) is 0 Å². The number of hydrogen-bond acceptors (Lipinski definition) is 3. The quantitative estimate of drug-likeness (QED) is 0.859. The molecule has 2 heterocycles. The molecule has 3 rings (SSSR count). The van der Waals surface area contributed by atoms with E-state index in [-0.39, 0.29) is 0 Å². The van der Waals surface area contributed by atoms with E-state index in [2.05, 4.69) is 41.1 Å². The van der Waals surface area contributed by atoms with Crippen LogP contribution >= 0.6 is 0 Å². The zero-order valence-electron chi connectivity index (χ0n) is 12.7. The summed E-state index contributed by atoms with van der Waals surface area (Å²) in [6.07, 6.45) is 6.56. The van der Waals surface area contributed by atoms with Crippen LogP contribution in [0, 0.1) is 5.92 Å². The van der Waals surface area contributed by atoms with Crippen molar-refractivity contribution < 1.29 is 0 Å². The van der Waals surface area contributed by atoms with Crippen molar-refractivity contribution in [3.8, 4) is 0 Å². The molecule has 0 spiro atoms. The number of benzene rings is 1. The summed E-state index contributed by atoms with van der Waals surface area (Å²) in [5, 5.41) is 0. The second kappa shape index (κ2) is 6.70. The molecule has 1 atom stereocenters. The van der Waals surface area contributed by atoms with Crippen LogP contribution in [0.2, 0.25) is 0 Å². The molecule has 2 aromatic rings. The molecule has 1 aliphatic rings. The van der Waals surface area contributed by atoms with Crippen LogP contribution in [-0.2, 0) is 6.42 Å². The summed E-state index contributed by atoms with van der Waals surface area (Å²) in [5.41, 5.74) is 1.26. The minimum absolute atomic E-state index is 0.804. The molecule has 0 bridgehead atoms. The van der Waals surface area contributed by atoms with E-state index in [1.54, 1.807) is 0 Å². The molecule has 1 aromatic carbocycles. The Balaban J connectivity index is 1.73. The zero-order valence-corrected chi connectivity index (χ0v) is 12.7. The Morgan fingerprint density at radius 3 is 2.81 bits per heavy atom. The Bertz CT molecular complexity index is 568. The topological polar surface area (TPSA) is 29.0 Å². The Labute approximate surface area is 127 Å². The first kappa shape index (κ1) is 14.1. The molecule has 0 saturated carbocycles. The second-order valence-corrected chi connectivity index (χ2v) is 6.02. The average Bonchev–Trinajstić information content (AvgIpc) is 2.73. The average molecular weight is 281 g/mol. The van der Waals surface area contributed by atoms with Crippen LogP contribution in [0.15, 0.2) is 42.6 Å². The van der Waals surface area contributed by atoms with Crippen LogP contribution in [0.5, 0.6) is 0 Å². The molecule has 3 nitrogen and oxygen atoms in total. The Kier molecular flexibility index (Phi) is 4.49. The summed E-state index contributed by atoms with van der Waals surface area (Å²) in [6.45, 7) is 4.58. The van der Waals surface area contributed by atoms with Crippen molar-refractivity contribution in [2.24, 2.45) is 5.92 Å². The van der Waals surface area contributed by atoms with Gasteiger partial charge < -0.3 is 4.90 Å². The number of nitrogens with zero attached hydrogens (tertiary/aromatic N) is 3. The second-order valence-electron chi connectivity index (χ2n) is 6.02. The highest BCUT2D eigenvalue weighted by molar-refractivity contribution is 5.38. The lowest BCUT2D eigenvalue weighted by molar-refractivity contribution is 0.521. The molecule has 1 unspecified atom stereocenters. The van der Waals surface area contributed by atoms with Crippen LogP contribution in [0.4, 0.5) is 5.82 Å². The van der Waals surface area contributed by atoms with Gasteiger partial charge in [0.25, 0.3) is 0 Å². The predicted molar refractivity (Wildman–Crippen MR) is 86.5 cm³/mol. The fraction of sp³-hybridized carbons (Fsp3) is 0.444. The van der Waals surface area contributed by atoms with Gasteiger partial charge in [-0.05, 0) is 36.8 Å². The normalized spacial score (nSPS) is 19.3. The molecule has 1 aromatic heterocycles. The minimum Gasteiger partial charge on any atom is -0.357 e. The lowest BCUT2D eigenvalue weighted by Gasteiger charge is -2.21. The van der Waals surface area contributed by atoms with Gasteiger partial charge in [-0.25, -0.2) is 9.97 Å². The smallest absolute Gasteiger partial charge is 0.135 e. The molecule has 21 heavy (non-hydrogen) atoms. The maximum Gasteiger partial charge on any atom is 0.135 e. The van der Waals surface area contributed by atoms with E-state index in [4.69, 9.17) is 4.98 Å². The van der Waals surface area contributed by atoms with Crippen molar-refractivity contribution in [1.82, 2.24) is 9.97 Å². The first-order valence-electron chi connectivity index (χ1n) is 7.92. The molecular formula is C18H23N3. The number of anilines is 1. The Morgan fingerprint density at radius 2 is 1.95 bits per heavy atom. The maximum atomic E-state index is 4.77. The van der Waals surface area contributed by atoms with Gasteiger partial charge in [-0.15, -0.1) is 0 Å². The van der Waals surface area contributed by atoms with E-state index >= 15 is 0 Å². The number of aromatic nitrogens is 2. The highest BCUT2D eigenvalue weighted by atomic mass is 15.2. The molecule has 1 aliphatic heterocycles. The minimum atomic E-state index is 0.804. The first-order valence-corrected chi connectivity index (χ1v) is 7.92. The third-order valence-corrected chi connectivity index (χ3v) is 4.24. The molecule has 0 N–H and O–H groups in total. The first-order chi connectivity index (χ1) is 10.3. The molecule has 0 radical (unpaired) electrons. The van der Waals surface area contributed by atoms with Crippen LogP contribution in [0.3, 0.4) is 0 Å². The van der Waals surface area contributed by atoms with E-state index in [0.29, 0.717) is 0 Å². The van der Waals surface area contributed by atoms with Gasteiger partial charge >= 0.3 is 0 Å². The van der Waals surface area contributed by atoms with Crippen molar-refractivity contribution in [2.45, 2.75) is 32.6 Å². The number of rotatable bonds is 3. The summed E-state index contributed by atoms with van der Waals surface area (Å²) in [6, 6.07) is 12.5. The van der Waals surface area contributed by atoms with Crippen LogP contribution in [0.1, 0.15) is 37.6 Å². The fourth-order valence-electron chi connectivity index (χ4n) is 2.92. The monoisotopic (exact) mass is 281 g/mol.